The Kier molecular flexibility index (Phi) is 5.73. The summed E-state index contributed by atoms with van der Waals surface area (Å²) in [6.07, 6.45) is 9.89. The van der Waals surface area contributed by atoms with Crippen LogP contribution >= 0.6 is 0 Å². The standard InChI is InChI=1S/C20H23N5O/c1-16-11-19(12-17(2)23-16)20(26)25(14-18-5-3-6-21-13-18)9-4-8-24-10-7-22-15-24/h3,5-7,10-13,15H,4,8-9,14H2,1-2H3. The summed E-state index contributed by atoms with van der Waals surface area (Å²) < 4.78 is 2.02. The van der Waals surface area contributed by atoms with Crippen molar-refractivity contribution in [2.45, 2.75) is 33.4 Å². The number of rotatable bonds is 7. The van der Waals surface area contributed by atoms with Crippen LogP contribution in [0.5, 0.6) is 0 Å². The summed E-state index contributed by atoms with van der Waals surface area (Å²) in [5.41, 5.74) is 3.41. The van der Waals surface area contributed by atoms with E-state index in [9.17, 15) is 4.79 Å². The van der Waals surface area contributed by atoms with E-state index >= 15 is 0 Å². The van der Waals surface area contributed by atoms with Gasteiger partial charge in [0.2, 0.25) is 0 Å². The zero-order chi connectivity index (χ0) is 18.4. The fourth-order valence-corrected chi connectivity index (χ4v) is 2.97. The molecule has 0 spiro atoms. The summed E-state index contributed by atoms with van der Waals surface area (Å²) in [4.78, 5) is 27.6. The van der Waals surface area contributed by atoms with Crippen molar-refractivity contribution in [2.75, 3.05) is 6.54 Å². The lowest BCUT2D eigenvalue weighted by molar-refractivity contribution is 0.0738. The second-order valence-electron chi connectivity index (χ2n) is 6.38. The van der Waals surface area contributed by atoms with Crippen LogP contribution in [0.25, 0.3) is 0 Å². The van der Waals surface area contributed by atoms with Gasteiger partial charge < -0.3 is 9.47 Å². The highest BCUT2D eigenvalue weighted by atomic mass is 16.2. The maximum Gasteiger partial charge on any atom is 0.254 e. The van der Waals surface area contributed by atoms with E-state index < -0.39 is 0 Å². The summed E-state index contributed by atoms with van der Waals surface area (Å²) >= 11 is 0. The molecule has 0 N–H and O–H groups in total. The highest BCUT2D eigenvalue weighted by Crippen LogP contribution is 2.13. The van der Waals surface area contributed by atoms with Gasteiger partial charge in [0.25, 0.3) is 5.91 Å². The topological polar surface area (TPSA) is 63.9 Å². The molecule has 0 fully saturated rings. The molecule has 0 saturated heterocycles. The third kappa shape index (κ3) is 4.75. The van der Waals surface area contributed by atoms with Crippen LogP contribution in [0.2, 0.25) is 0 Å². The molecule has 26 heavy (non-hydrogen) atoms. The number of aromatic nitrogens is 4. The van der Waals surface area contributed by atoms with Crippen LogP contribution in [0.4, 0.5) is 0 Å². The van der Waals surface area contributed by atoms with E-state index in [0.29, 0.717) is 18.7 Å². The normalized spacial score (nSPS) is 10.7. The van der Waals surface area contributed by atoms with Crippen LogP contribution in [-0.4, -0.2) is 36.9 Å². The first kappa shape index (κ1) is 17.8. The highest BCUT2D eigenvalue weighted by molar-refractivity contribution is 5.94. The predicted octanol–water partition coefficient (Wildman–Crippen LogP) is 3.02. The molecule has 3 aromatic rings. The number of hydrogen-bond acceptors (Lipinski definition) is 4. The molecule has 3 aromatic heterocycles. The van der Waals surface area contributed by atoms with Crippen LogP contribution in [0.1, 0.15) is 33.7 Å². The lowest BCUT2D eigenvalue weighted by atomic mass is 10.1. The van der Waals surface area contributed by atoms with E-state index in [4.69, 9.17) is 0 Å². The number of carbonyl (C=O) groups is 1. The minimum Gasteiger partial charge on any atom is -0.337 e. The molecule has 0 unspecified atom stereocenters. The molecule has 3 rings (SSSR count). The Morgan fingerprint density at radius 2 is 1.96 bits per heavy atom. The first-order chi connectivity index (χ1) is 12.6. The van der Waals surface area contributed by atoms with Crippen molar-refractivity contribution in [1.29, 1.82) is 0 Å². The molecule has 0 aromatic carbocycles. The molecule has 6 nitrogen and oxygen atoms in total. The third-order valence-corrected chi connectivity index (χ3v) is 4.12. The Bertz CT molecular complexity index is 826. The maximum absolute atomic E-state index is 13.1. The van der Waals surface area contributed by atoms with Crippen LogP contribution < -0.4 is 0 Å². The van der Waals surface area contributed by atoms with Gasteiger partial charge in [0.1, 0.15) is 0 Å². The van der Waals surface area contributed by atoms with Crippen molar-refractivity contribution in [1.82, 2.24) is 24.4 Å². The summed E-state index contributed by atoms with van der Waals surface area (Å²) in [6.45, 7) is 5.84. The van der Waals surface area contributed by atoms with Crippen LogP contribution in [0.15, 0.2) is 55.4 Å². The van der Waals surface area contributed by atoms with Gasteiger partial charge in [0, 0.05) is 61.4 Å². The predicted molar refractivity (Wildman–Crippen MR) is 99.5 cm³/mol. The minimum absolute atomic E-state index is 0.0214. The first-order valence-corrected chi connectivity index (χ1v) is 8.71. The molecule has 0 saturated carbocycles. The number of carbonyl (C=O) groups excluding carboxylic acids is 1. The molecular formula is C20H23N5O. The van der Waals surface area contributed by atoms with Gasteiger partial charge in [0.05, 0.1) is 6.33 Å². The van der Waals surface area contributed by atoms with Gasteiger partial charge >= 0.3 is 0 Å². The Balaban J connectivity index is 1.75. The smallest absolute Gasteiger partial charge is 0.254 e. The molecule has 0 aliphatic heterocycles. The zero-order valence-electron chi connectivity index (χ0n) is 15.2. The minimum atomic E-state index is 0.0214. The fraction of sp³-hybridized carbons (Fsp3) is 0.300. The Hall–Kier alpha value is -3.02. The van der Waals surface area contributed by atoms with Gasteiger partial charge in [-0.2, -0.15) is 0 Å². The van der Waals surface area contributed by atoms with Crippen LogP contribution in [0.3, 0.4) is 0 Å². The second kappa shape index (κ2) is 8.38. The molecule has 134 valence electrons. The van der Waals surface area contributed by atoms with E-state index in [0.717, 1.165) is 29.9 Å². The van der Waals surface area contributed by atoms with Gasteiger partial charge in [-0.1, -0.05) is 6.07 Å². The van der Waals surface area contributed by atoms with Gasteiger partial charge in [-0.05, 0) is 44.0 Å². The van der Waals surface area contributed by atoms with Crippen molar-refractivity contribution in [2.24, 2.45) is 0 Å². The summed E-state index contributed by atoms with van der Waals surface area (Å²) in [6, 6.07) is 7.58. The number of aryl methyl sites for hydroxylation is 3. The van der Waals surface area contributed by atoms with E-state index in [-0.39, 0.29) is 5.91 Å². The lowest BCUT2D eigenvalue weighted by Gasteiger charge is -2.23. The molecule has 0 radical (unpaired) electrons. The van der Waals surface area contributed by atoms with E-state index in [2.05, 4.69) is 15.0 Å². The number of hydrogen-bond donors (Lipinski definition) is 0. The third-order valence-electron chi connectivity index (χ3n) is 4.12. The molecule has 0 aliphatic carbocycles. The zero-order valence-corrected chi connectivity index (χ0v) is 15.2. The number of nitrogens with zero attached hydrogens (tertiary/aromatic N) is 5. The first-order valence-electron chi connectivity index (χ1n) is 8.71. The largest absolute Gasteiger partial charge is 0.337 e. The van der Waals surface area contributed by atoms with Gasteiger partial charge in [-0.15, -0.1) is 0 Å². The SMILES string of the molecule is Cc1cc(C(=O)N(CCCn2ccnc2)Cc2cccnc2)cc(C)n1. The molecule has 0 bridgehead atoms. The van der Waals surface area contributed by atoms with Crippen LogP contribution in [-0.2, 0) is 13.1 Å². The molecule has 1 amide bonds. The van der Waals surface area contributed by atoms with Gasteiger partial charge in [0.15, 0.2) is 0 Å². The van der Waals surface area contributed by atoms with E-state index in [1.54, 1.807) is 24.9 Å². The summed E-state index contributed by atoms with van der Waals surface area (Å²) in [5, 5.41) is 0. The Morgan fingerprint density at radius 1 is 1.15 bits per heavy atom. The summed E-state index contributed by atoms with van der Waals surface area (Å²) in [7, 11) is 0. The average molecular weight is 349 g/mol. The maximum atomic E-state index is 13.1. The van der Waals surface area contributed by atoms with Crippen molar-refractivity contribution >= 4 is 5.91 Å². The highest BCUT2D eigenvalue weighted by Gasteiger charge is 2.17. The van der Waals surface area contributed by atoms with Crippen molar-refractivity contribution in [3.8, 4) is 0 Å². The fourth-order valence-electron chi connectivity index (χ4n) is 2.97. The van der Waals surface area contributed by atoms with Gasteiger partial charge in [-0.25, -0.2) is 4.98 Å². The second-order valence-corrected chi connectivity index (χ2v) is 6.38. The Morgan fingerprint density at radius 3 is 2.62 bits per heavy atom. The van der Waals surface area contributed by atoms with Crippen LogP contribution in [0, 0.1) is 13.8 Å². The number of imidazole rings is 1. The number of amides is 1. The monoisotopic (exact) mass is 349 g/mol. The molecular weight excluding hydrogens is 326 g/mol. The lowest BCUT2D eigenvalue weighted by Crippen LogP contribution is -2.32. The molecule has 0 atom stereocenters. The number of pyridine rings is 2. The molecule has 3 heterocycles. The molecule has 0 aliphatic rings. The quantitative estimate of drug-likeness (QED) is 0.658. The van der Waals surface area contributed by atoms with Gasteiger partial charge in [-0.3, -0.25) is 14.8 Å². The van der Waals surface area contributed by atoms with Crippen molar-refractivity contribution < 1.29 is 4.79 Å². The van der Waals surface area contributed by atoms with E-state index in [1.807, 2.05) is 53.8 Å². The molecule has 6 heteroatoms. The van der Waals surface area contributed by atoms with E-state index in [1.165, 1.54) is 0 Å². The Labute approximate surface area is 153 Å². The van der Waals surface area contributed by atoms with Crippen molar-refractivity contribution in [3.63, 3.8) is 0 Å². The summed E-state index contributed by atoms with van der Waals surface area (Å²) in [5.74, 6) is 0.0214. The van der Waals surface area contributed by atoms with Crippen molar-refractivity contribution in [3.05, 3.63) is 77.9 Å². The average Bonchev–Trinajstić information content (AvgIpc) is 3.14.